The van der Waals surface area contributed by atoms with Crippen molar-refractivity contribution in [1.82, 2.24) is 15.1 Å². The molecule has 20 heavy (non-hydrogen) atoms. The van der Waals surface area contributed by atoms with E-state index in [-0.39, 0.29) is 0 Å². The minimum Gasteiger partial charge on any atom is -0.313 e. The summed E-state index contributed by atoms with van der Waals surface area (Å²) in [6, 6.07) is 0.476. The molecule has 0 fully saturated rings. The lowest BCUT2D eigenvalue weighted by Gasteiger charge is -2.24. The number of nitrogens with zero attached hydrogens (tertiary/aromatic N) is 2. The van der Waals surface area contributed by atoms with Gasteiger partial charge in [-0.3, -0.25) is 4.68 Å². The Labute approximate surface area is 129 Å². The number of aromatic nitrogens is 2. The Bertz CT molecular complexity index is 401. The molecule has 3 nitrogen and oxygen atoms in total. The van der Waals surface area contributed by atoms with E-state index in [1.54, 1.807) is 0 Å². The second-order valence-corrected chi connectivity index (χ2v) is 5.90. The summed E-state index contributed by atoms with van der Waals surface area (Å²) in [6.45, 7) is 13.0. The van der Waals surface area contributed by atoms with Gasteiger partial charge in [0.2, 0.25) is 0 Å². The molecule has 1 aromatic rings. The first-order chi connectivity index (χ1) is 9.58. The molecule has 1 heterocycles. The van der Waals surface area contributed by atoms with E-state index in [9.17, 15) is 0 Å². The van der Waals surface area contributed by atoms with Gasteiger partial charge < -0.3 is 5.32 Å². The normalized spacial score (nSPS) is 14.5. The minimum absolute atomic E-state index is 0.476. The molecule has 0 aliphatic rings. The quantitative estimate of drug-likeness (QED) is 0.745. The fraction of sp³-hybridized carbons (Fsp3) is 0.812. The number of rotatable bonds is 9. The highest BCUT2D eigenvalue weighted by atomic mass is 35.5. The van der Waals surface area contributed by atoms with E-state index < -0.39 is 0 Å². The maximum atomic E-state index is 6.52. The van der Waals surface area contributed by atoms with Crippen LogP contribution in [0.2, 0.25) is 5.02 Å². The summed E-state index contributed by atoms with van der Waals surface area (Å²) in [7, 11) is 0. The molecule has 0 aliphatic heterocycles. The van der Waals surface area contributed by atoms with Crippen LogP contribution in [0, 0.1) is 5.92 Å². The van der Waals surface area contributed by atoms with Gasteiger partial charge in [-0.05, 0) is 32.2 Å². The van der Waals surface area contributed by atoms with Crippen LogP contribution in [0.4, 0.5) is 0 Å². The Hall–Kier alpha value is -0.540. The van der Waals surface area contributed by atoms with Crippen LogP contribution in [0.5, 0.6) is 0 Å². The van der Waals surface area contributed by atoms with E-state index in [1.165, 1.54) is 12.1 Å². The average molecular weight is 300 g/mol. The van der Waals surface area contributed by atoms with Crippen molar-refractivity contribution in [3.8, 4) is 0 Å². The molecule has 0 aliphatic carbocycles. The lowest BCUT2D eigenvalue weighted by molar-refractivity contribution is 0.357. The fourth-order valence-corrected chi connectivity index (χ4v) is 2.86. The minimum atomic E-state index is 0.476. The third-order valence-electron chi connectivity index (χ3n) is 4.09. The molecule has 0 aromatic carbocycles. The number of hydrogen-bond acceptors (Lipinski definition) is 2. The van der Waals surface area contributed by atoms with Crippen molar-refractivity contribution >= 4 is 11.6 Å². The van der Waals surface area contributed by atoms with Crippen molar-refractivity contribution in [3.63, 3.8) is 0 Å². The van der Waals surface area contributed by atoms with Gasteiger partial charge in [-0.25, -0.2) is 0 Å². The summed E-state index contributed by atoms with van der Waals surface area (Å²) < 4.78 is 2.07. The Kier molecular flexibility index (Phi) is 7.60. The molecule has 0 spiro atoms. The SMILES string of the molecule is CCCNC(Cc1c(Cl)c(CC)nn1CC)C(C)CC. The van der Waals surface area contributed by atoms with Crippen molar-refractivity contribution in [2.24, 2.45) is 5.92 Å². The summed E-state index contributed by atoms with van der Waals surface area (Å²) in [6.07, 6.45) is 4.21. The largest absolute Gasteiger partial charge is 0.313 e. The molecule has 0 amide bonds. The second kappa shape index (κ2) is 8.68. The van der Waals surface area contributed by atoms with Gasteiger partial charge in [0.25, 0.3) is 0 Å². The zero-order valence-electron chi connectivity index (χ0n) is 13.7. The van der Waals surface area contributed by atoms with Gasteiger partial charge in [0.05, 0.1) is 16.4 Å². The maximum Gasteiger partial charge on any atom is 0.0850 e. The Balaban J connectivity index is 2.94. The second-order valence-electron chi connectivity index (χ2n) is 5.53. The van der Waals surface area contributed by atoms with Gasteiger partial charge in [0.1, 0.15) is 0 Å². The van der Waals surface area contributed by atoms with Crippen LogP contribution in [0.15, 0.2) is 0 Å². The van der Waals surface area contributed by atoms with E-state index in [0.29, 0.717) is 12.0 Å². The monoisotopic (exact) mass is 299 g/mol. The van der Waals surface area contributed by atoms with Crippen molar-refractivity contribution in [3.05, 3.63) is 16.4 Å². The zero-order chi connectivity index (χ0) is 15.1. The fourth-order valence-electron chi connectivity index (χ4n) is 2.51. The third kappa shape index (κ3) is 4.23. The highest BCUT2D eigenvalue weighted by Crippen LogP contribution is 2.25. The molecule has 0 radical (unpaired) electrons. The zero-order valence-corrected chi connectivity index (χ0v) is 14.4. The first-order valence-corrected chi connectivity index (χ1v) is 8.44. The molecular weight excluding hydrogens is 270 g/mol. The molecule has 1 aromatic heterocycles. The lowest BCUT2D eigenvalue weighted by Crippen LogP contribution is -2.37. The highest BCUT2D eigenvalue weighted by molar-refractivity contribution is 6.31. The summed E-state index contributed by atoms with van der Waals surface area (Å²) in [5, 5.41) is 9.17. The van der Waals surface area contributed by atoms with Crippen molar-refractivity contribution in [2.75, 3.05) is 6.54 Å². The Morgan fingerprint density at radius 2 is 1.95 bits per heavy atom. The van der Waals surface area contributed by atoms with E-state index in [0.717, 1.165) is 43.1 Å². The molecule has 0 saturated carbocycles. The van der Waals surface area contributed by atoms with Gasteiger partial charge in [-0.1, -0.05) is 45.7 Å². The number of nitrogens with one attached hydrogen (secondary N) is 1. The lowest BCUT2D eigenvalue weighted by atomic mass is 9.94. The molecule has 2 unspecified atom stereocenters. The average Bonchev–Trinajstić information content (AvgIpc) is 2.78. The number of hydrogen-bond donors (Lipinski definition) is 1. The van der Waals surface area contributed by atoms with E-state index in [4.69, 9.17) is 11.6 Å². The maximum absolute atomic E-state index is 6.52. The summed E-state index contributed by atoms with van der Waals surface area (Å²) in [5.41, 5.74) is 2.22. The van der Waals surface area contributed by atoms with E-state index in [2.05, 4.69) is 49.7 Å². The van der Waals surface area contributed by atoms with Crippen molar-refractivity contribution in [1.29, 1.82) is 0 Å². The molecule has 116 valence electrons. The molecular formula is C16H30ClN3. The predicted molar refractivity (Wildman–Crippen MR) is 87.5 cm³/mol. The van der Waals surface area contributed by atoms with Crippen molar-refractivity contribution in [2.45, 2.75) is 72.9 Å². The molecule has 0 bridgehead atoms. The van der Waals surface area contributed by atoms with Crippen molar-refractivity contribution < 1.29 is 0 Å². The molecule has 0 saturated heterocycles. The number of halogens is 1. The first kappa shape index (κ1) is 17.5. The van der Waals surface area contributed by atoms with Crippen LogP contribution in [-0.2, 0) is 19.4 Å². The van der Waals surface area contributed by atoms with Gasteiger partial charge >= 0.3 is 0 Å². The van der Waals surface area contributed by atoms with Crippen LogP contribution < -0.4 is 5.32 Å². The van der Waals surface area contributed by atoms with Gasteiger partial charge in [0.15, 0.2) is 0 Å². The molecule has 4 heteroatoms. The van der Waals surface area contributed by atoms with Gasteiger partial charge in [-0.15, -0.1) is 0 Å². The van der Waals surface area contributed by atoms with Crippen LogP contribution in [0.1, 0.15) is 58.8 Å². The van der Waals surface area contributed by atoms with Gasteiger partial charge in [-0.2, -0.15) is 5.10 Å². The molecule has 1 rings (SSSR count). The predicted octanol–water partition coefficient (Wildman–Crippen LogP) is 4.08. The number of aryl methyl sites for hydroxylation is 2. The Morgan fingerprint density at radius 3 is 2.45 bits per heavy atom. The van der Waals surface area contributed by atoms with E-state index in [1.807, 2.05) is 0 Å². The van der Waals surface area contributed by atoms with Crippen LogP contribution >= 0.6 is 11.6 Å². The highest BCUT2D eigenvalue weighted by Gasteiger charge is 2.21. The van der Waals surface area contributed by atoms with Gasteiger partial charge in [0, 0.05) is 19.0 Å². The smallest absolute Gasteiger partial charge is 0.0850 e. The molecule has 2 atom stereocenters. The summed E-state index contributed by atoms with van der Waals surface area (Å²) in [5.74, 6) is 0.642. The Morgan fingerprint density at radius 1 is 1.25 bits per heavy atom. The topological polar surface area (TPSA) is 29.9 Å². The van der Waals surface area contributed by atoms with E-state index >= 15 is 0 Å². The van der Waals surface area contributed by atoms with Crippen LogP contribution in [0.3, 0.4) is 0 Å². The third-order valence-corrected chi connectivity index (χ3v) is 4.53. The summed E-state index contributed by atoms with van der Waals surface area (Å²) in [4.78, 5) is 0. The standard InChI is InChI=1S/C16H30ClN3/c1-6-10-18-14(12(5)7-2)11-15-16(17)13(8-3)19-20(15)9-4/h12,14,18H,6-11H2,1-5H3. The summed E-state index contributed by atoms with van der Waals surface area (Å²) >= 11 is 6.52. The van der Waals surface area contributed by atoms with Crippen LogP contribution in [0.25, 0.3) is 0 Å². The first-order valence-electron chi connectivity index (χ1n) is 8.06. The van der Waals surface area contributed by atoms with Crippen LogP contribution in [-0.4, -0.2) is 22.4 Å². The molecule has 1 N–H and O–H groups in total.